The number of anilines is 1. The molecule has 1 aromatic rings. The molecule has 0 aliphatic heterocycles. The molecule has 0 aromatic carbocycles. The van der Waals surface area contributed by atoms with Gasteiger partial charge in [0.1, 0.15) is 0 Å². The molecule has 0 saturated heterocycles. The molecule has 1 heterocycles. The molecule has 0 spiro atoms. The van der Waals surface area contributed by atoms with E-state index in [1.54, 1.807) is 12.1 Å². The number of amides is 2. The van der Waals surface area contributed by atoms with Crippen molar-refractivity contribution in [3.05, 3.63) is 17.0 Å². The molecule has 0 fully saturated rings. The summed E-state index contributed by atoms with van der Waals surface area (Å²) in [6.07, 6.45) is 0.126. The minimum atomic E-state index is -0.529. The fourth-order valence-electron chi connectivity index (χ4n) is 1.63. The third-order valence-corrected chi connectivity index (χ3v) is 3.37. The van der Waals surface area contributed by atoms with Gasteiger partial charge >= 0.3 is 0 Å². The fraction of sp³-hybridized carbons (Fsp3) is 0.538. The van der Waals surface area contributed by atoms with E-state index in [1.807, 2.05) is 13.8 Å². The Morgan fingerprint density at radius 2 is 2.05 bits per heavy atom. The zero-order valence-electron chi connectivity index (χ0n) is 11.4. The molecule has 0 aliphatic rings. The van der Waals surface area contributed by atoms with Crippen LogP contribution < -0.4 is 10.6 Å². The maximum atomic E-state index is 11.8. The Hall–Kier alpha value is -1.40. The Kier molecular flexibility index (Phi) is 5.98. The SMILES string of the molecule is CC(=O)Nc1ccc(C(=O)NCC(O)CC(C)C)s1. The Bertz CT molecular complexity index is 443. The first-order valence-corrected chi connectivity index (χ1v) is 7.03. The zero-order chi connectivity index (χ0) is 14.4. The molecule has 2 amide bonds. The van der Waals surface area contributed by atoms with Crippen LogP contribution in [0, 0.1) is 5.92 Å². The molecule has 0 bridgehead atoms. The van der Waals surface area contributed by atoms with Gasteiger partial charge in [0, 0.05) is 13.5 Å². The van der Waals surface area contributed by atoms with Gasteiger partial charge in [-0.3, -0.25) is 9.59 Å². The van der Waals surface area contributed by atoms with Crippen LogP contribution in [-0.2, 0) is 4.79 Å². The summed E-state index contributed by atoms with van der Waals surface area (Å²) in [4.78, 5) is 23.2. The third kappa shape index (κ3) is 5.85. The van der Waals surface area contributed by atoms with Crippen LogP contribution in [0.15, 0.2) is 12.1 Å². The van der Waals surface area contributed by atoms with Gasteiger partial charge in [0.15, 0.2) is 0 Å². The van der Waals surface area contributed by atoms with Crippen molar-refractivity contribution in [2.24, 2.45) is 5.92 Å². The van der Waals surface area contributed by atoms with Gasteiger partial charge in [0.2, 0.25) is 5.91 Å². The molecule has 6 heteroatoms. The van der Waals surface area contributed by atoms with Crippen molar-refractivity contribution in [1.29, 1.82) is 0 Å². The molecule has 0 radical (unpaired) electrons. The van der Waals surface area contributed by atoms with Crippen molar-refractivity contribution >= 4 is 28.2 Å². The molecule has 1 atom stereocenters. The average Bonchev–Trinajstić information content (AvgIpc) is 2.72. The van der Waals surface area contributed by atoms with E-state index in [9.17, 15) is 14.7 Å². The van der Waals surface area contributed by atoms with Gasteiger partial charge in [-0.1, -0.05) is 13.8 Å². The van der Waals surface area contributed by atoms with Crippen molar-refractivity contribution in [2.45, 2.75) is 33.3 Å². The summed E-state index contributed by atoms with van der Waals surface area (Å²) in [6.45, 7) is 5.69. The first kappa shape index (κ1) is 15.7. The maximum absolute atomic E-state index is 11.8. The number of rotatable bonds is 6. The van der Waals surface area contributed by atoms with Gasteiger partial charge in [0.05, 0.1) is 16.0 Å². The number of thiophene rings is 1. The van der Waals surface area contributed by atoms with Crippen LogP contribution in [0.25, 0.3) is 0 Å². The molecular formula is C13H20N2O3S. The number of aliphatic hydroxyl groups excluding tert-OH is 1. The van der Waals surface area contributed by atoms with Crippen LogP contribution in [0.4, 0.5) is 5.00 Å². The molecule has 1 aromatic heterocycles. The quantitative estimate of drug-likeness (QED) is 0.746. The Morgan fingerprint density at radius 3 is 2.63 bits per heavy atom. The van der Waals surface area contributed by atoms with E-state index in [1.165, 1.54) is 18.3 Å². The van der Waals surface area contributed by atoms with Gasteiger partial charge in [-0.15, -0.1) is 11.3 Å². The van der Waals surface area contributed by atoms with E-state index < -0.39 is 6.10 Å². The van der Waals surface area contributed by atoms with E-state index in [0.29, 0.717) is 22.2 Å². The van der Waals surface area contributed by atoms with Crippen molar-refractivity contribution in [1.82, 2.24) is 5.32 Å². The van der Waals surface area contributed by atoms with E-state index in [-0.39, 0.29) is 18.4 Å². The Morgan fingerprint density at radius 1 is 1.37 bits per heavy atom. The van der Waals surface area contributed by atoms with Crippen molar-refractivity contribution in [3.8, 4) is 0 Å². The summed E-state index contributed by atoms with van der Waals surface area (Å²) >= 11 is 1.21. The van der Waals surface area contributed by atoms with Gasteiger partial charge < -0.3 is 15.7 Å². The molecule has 19 heavy (non-hydrogen) atoms. The monoisotopic (exact) mass is 284 g/mol. The summed E-state index contributed by atoms with van der Waals surface area (Å²) < 4.78 is 0. The summed E-state index contributed by atoms with van der Waals surface area (Å²) in [7, 11) is 0. The number of hydrogen-bond donors (Lipinski definition) is 3. The second kappa shape index (κ2) is 7.25. The number of hydrogen-bond acceptors (Lipinski definition) is 4. The number of aliphatic hydroxyl groups is 1. The highest BCUT2D eigenvalue weighted by Gasteiger charge is 2.12. The number of carbonyl (C=O) groups excluding carboxylic acids is 2. The summed E-state index contributed by atoms with van der Waals surface area (Å²) in [5, 5.41) is 15.6. The second-order valence-electron chi connectivity index (χ2n) is 4.84. The highest BCUT2D eigenvalue weighted by atomic mass is 32.1. The number of nitrogens with one attached hydrogen (secondary N) is 2. The molecule has 1 unspecified atom stereocenters. The molecule has 3 N–H and O–H groups in total. The molecule has 106 valence electrons. The van der Waals surface area contributed by atoms with E-state index in [2.05, 4.69) is 10.6 Å². The molecule has 0 aliphatic carbocycles. The molecule has 0 saturated carbocycles. The topological polar surface area (TPSA) is 78.4 Å². The third-order valence-electron chi connectivity index (χ3n) is 2.37. The minimum Gasteiger partial charge on any atom is -0.391 e. The highest BCUT2D eigenvalue weighted by Crippen LogP contribution is 2.21. The molecular weight excluding hydrogens is 264 g/mol. The largest absolute Gasteiger partial charge is 0.391 e. The lowest BCUT2D eigenvalue weighted by molar-refractivity contribution is -0.114. The second-order valence-corrected chi connectivity index (χ2v) is 5.92. The fourth-order valence-corrected chi connectivity index (χ4v) is 2.49. The zero-order valence-corrected chi connectivity index (χ0v) is 12.2. The first-order chi connectivity index (χ1) is 8.88. The normalized spacial score (nSPS) is 12.3. The number of carbonyl (C=O) groups is 2. The molecule has 5 nitrogen and oxygen atoms in total. The minimum absolute atomic E-state index is 0.166. The van der Waals surface area contributed by atoms with Crippen LogP contribution in [0.2, 0.25) is 0 Å². The molecule has 1 rings (SSSR count). The Labute approximate surface area is 117 Å². The first-order valence-electron chi connectivity index (χ1n) is 6.22. The summed E-state index contributed by atoms with van der Waals surface area (Å²) in [5.41, 5.74) is 0. The van der Waals surface area contributed by atoms with Crippen LogP contribution in [0.1, 0.15) is 36.9 Å². The van der Waals surface area contributed by atoms with Crippen LogP contribution in [-0.4, -0.2) is 29.6 Å². The average molecular weight is 284 g/mol. The van der Waals surface area contributed by atoms with Crippen molar-refractivity contribution < 1.29 is 14.7 Å². The van der Waals surface area contributed by atoms with E-state index in [4.69, 9.17) is 0 Å². The lowest BCUT2D eigenvalue weighted by Gasteiger charge is -2.13. The van der Waals surface area contributed by atoms with E-state index >= 15 is 0 Å². The van der Waals surface area contributed by atoms with Gasteiger partial charge in [-0.2, -0.15) is 0 Å². The highest BCUT2D eigenvalue weighted by molar-refractivity contribution is 7.18. The van der Waals surface area contributed by atoms with Crippen LogP contribution in [0.5, 0.6) is 0 Å². The van der Waals surface area contributed by atoms with Crippen LogP contribution in [0.3, 0.4) is 0 Å². The van der Waals surface area contributed by atoms with Crippen molar-refractivity contribution in [3.63, 3.8) is 0 Å². The van der Waals surface area contributed by atoms with Gasteiger partial charge in [-0.05, 0) is 24.5 Å². The van der Waals surface area contributed by atoms with E-state index in [0.717, 1.165) is 0 Å². The predicted molar refractivity (Wildman–Crippen MR) is 76.4 cm³/mol. The summed E-state index contributed by atoms with van der Waals surface area (Å²) in [6, 6.07) is 3.34. The summed E-state index contributed by atoms with van der Waals surface area (Å²) in [5.74, 6) is -0.00872. The lowest BCUT2D eigenvalue weighted by Crippen LogP contribution is -2.32. The van der Waals surface area contributed by atoms with Gasteiger partial charge in [0.25, 0.3) is 5.91 Å². The smallest absolute Gasteiger partial charge is 0.261 e. The standard InChI is InChI=1S/C13H20N2O3S/c1-8(2)6-10(17)7-14-13(18)11-4-5-12(19-11)15-9(3)16/h4-5,8,10,17H,6-7H2,1-3H3,(H,14,18)(H,15,16). The Balaban J connectivity index is 2.45. The lowest BCUT2D eigenvalue weighted by atomic mass is 10.1. The van der Waals surface area contributed by atoms with Gasteiger partial charge in [-0.25, -0.2) is 0 Å². The van der Waals surface area contributed by atoms with Crippen LogP contribution >= 0.6 is 11.3 Å². The predicted octanol–water partition coefficient (Wildman–Crippen LogP) is 1.84. The maximum Gasteiger partial charge on any atom is 0.261 e. The van der Waals surface area contributed by atoms with Crippen molar-refractivity contribution in [2.75, 3.05) is 11.9 Å².